The van der Waals surface area contributed by atoms with E-state index < -0.39 is 13.0 Å². The van der Waals surface area contributed by atoms with E-state index in [1.165, 1.54) is 0 Å². The molecular weight excluding hydrogens is 218 g/mol. The van der Waals surface area contributed by atoms with Gasteiger partial charge in [0, 0.05) is 6.42 Å². The fourth-order valence-electron chi connectivity index (χ4n) is 1.56. The lowest BCUT2D eigenvalue weighted by Gasteiger charge is -2.22. The standard InChI is InChI=1S/C10H18F2N2O2/c11-9(12)7-14-10(15)3-6-16-8-1-4-13-5-2-8/h8-9,13H,1-7H2,(H,14,15). The molecule has 0 saturated carbocycles. The molecule has 4 nitrogen and oxygen atoms in total. The Kier molecular flexibility index (Phi) is 6.25. The number of amides is 1. The highest BCUT2D eigenvalue weighted by atomic mass is 19.3. The van der Waals surface area contributed by atoms with Gasteiger partial charge in [-0.2, -0.15) is 0 Å². The molecule has 1 rings (SSSR count). The number of piperidine rings is 1. The van der Waals surface area contributed by atoms with E-state index in [-0.39, 0.29) is 18.4 Å². The Balaban J connectivity index is 1.99. The second kappa shape index (κ2) is 7.51. The van der Waals surface area contributed by atoms with E-state index in [9.17, 15) is 13.6 Å². The van der Waals surface area contributed by atoms with Crippen molar-refractivity contribution < 1.29 is 18.3 Å². The maximum atomic E-state index is 11.8. The lowest BCUT2D eigenvalue weighted by atomic mass is 10.1. The van der Waals surface area contributed by atoms with Crippen LogP contribution in [0.1, 0.15) is 19.3 Å². The fourth-order valence-corrected chi connectivity index (χ4v) is 1.56. The third-order valence-corrected chi connectivity index (χ3v) is 2.42. The van der Waals surface area contributed by atoms with Crippen molar-refractivity contribution in [3.05, 3.63) is 0 Å². The van der Waals surface area contributed by atoms with Gasteiger partial charge in [-0.15, -0.1) is 0 Å². The van der Waals surface area contributed by atoms with Gasteiger partial charge in [-0.3, -0.25) is 4.79 Å². The lowest BCUT2D eigenvalue weighted by Crippen LogP contribution is -2.34. The summed E-state index contributed by atoms with van der Waals surface area (Å²) in [6.45, 7) is 1.59. The fraction of sp³-hybridized carbons (Fsp3) is 0.900. The summed E-state index contributed by atoms with van der Waals surface area (Å²) in [5, 5.41) is 5.34. The minimum atomic E-state index is -2.49. The van der Waals surface area contributed by atoms with Crippen LogP contribution in [-0.4, -0.2) is 44.7 Å². The minimum Gasteiger partial charge on any atom is -0.378 e. The molecule has 16 heavy (non-hydrogen) atoms. The van der Waals surface area contributed by atoms with Crippen LogP contribution in [0.5, 0.6) is 0 Å². The van der Waals surface area contributed by atoms with E-state index in [0.29, 0.717) is 6.61 Å². The molecule has 0 unspecified atom stereocenters. The van der Waals surface area contributed by atoms with Crippen molar-refractivity contribution in [1.82, 2.24) is 10.6 Å². The van der Waals surface area contributed by atoms with Gasteiger partial charge in [0.25, 0.3) is 6.43 Å². The molecule has 1 aliphatic heterocycles. The number of halogens is 2. The van der Waals surface area contributed by atoms with Crippen LogP contribution in [-0.2, 0) is 9.53 Å². The van der Waals surface area contributed by atoms with E-state index in [0.717, 1.165) is 25.9 Å². The Morgan fingerprint density at radius 3 is 2.75 bits per heavy atom. The monoisotopic (exact) mass is 236 g/mol. The van der Waals surface area contributed by atoms with Gasteiger partial charge in [0.05, 0.1) is 19.3 Å². The lowest BCUT2D eigenvalue weighted by molar-refractivity contribution is -0.123. The summed E-state index contributed by atoms with van der Waals surface area (Å²) < 4.78 is 29.0. The van der Waals surface area contributed by atoms with E-state index >= 15 is 0 Å². The molecule has 1 fully saturated rings. The second-order valence-corrected chi connectivity index (χ2v) is 3.77. The number of ether oxygens (including phenoxy) is 1. The van der Waals surface area contributed by atoms with Crippen LogP contribution in [0.3, 0.4) is 0 Å². The Bertz CT molecular complexity index is 209. The first-order valence-corrected chi connectivity index (χ1v) is 5.55. The quantitative estimate of drug-likeness (QED) is 0.707. The van der Waals surface area contributed by atoms with Crippen LogP contribution in [0.25, 0.3) is 0 Å². The Morgan fingerprint density at radius 2 is 2.12 bits per heavy atom. The summed E-state index contributed by atoms with van der Waals surface area (Å²) in [5.74, 6) is -0.380. The first kappa shape index (κ1) is 13.3. The highest BCUT2D eigenvalue weighted by molar-refractivity contribution is 5.75. The average molecular weight is 236 g/mol. The normalized spacial score (nSPS) is 17.7. The molecule has 0 aromatic rings. The SMILES string of the molecule is O=C(CCOC1CCNCC1)NCC(F)F. The van der Waals surface area contributed by atoms with Gasteiger partial charge in [0.15, 0.2) is 0 Å². The zero-order valence-corrected chi connectivity index (χ0v) is 9.18. The molecule has 6 heteroatoms. The topological polar surface area (TPSA) is 50.4 Å². The molecular formula is C10H18F2N2O2. The molecule has 1 saturated heterocycles. The molecule has 0 aromatic heterocycles. The van der Waals surface area contributed by atoms with Gasteiger partial charge in [0.1, 0.15) is 0 Å². The van der Waals surface area contributed by atoms with Crippen LogP contribution < -0.4 is 10.6 Å². The van der Waals surface area contributed by atoms with Crippen molar-refractivity contribution in [1.29, 1.82) is 0 Å². The molecule has 0 spiro atoms. The molecule has 0 aliphatic carbocycles. The van der Waals surface area contributed by atoms with Crippen LogP contribution in [0.2, 0.25) is 0 Å². The summed E-state index contributed by atoms with van der Waals surface area (Å²) in [5.41, 5.74) is 0. The van der Waals surface area contributed by atoms with Crippen molar-refractivity contribution in [2.24, 2.45) is 0 Å². The molecule has 0 radical (unpaired) electrons. The predicted molar refractivity (Wildman–Crippen MR) is 55.5 cm³/mol. The molecule has 1 amide bonds. The Labute approximate surface area is 93.7 Å². The van der Waals surface area contributed by atoms with E-state index in [1.807, 2.05) is 0 Å². The van der Waals surface area contributed by atoms with Gasteiger partial charge < -0.3 is 15.4 Å². The minimum absolute atomic E-state index is 0.149. The van der Waals surface area contributed by atoms with Gasteiger partial charge >= 0.3 is 0 Å². The number of hydrogen-bond donors (Lipinski definition) is 2. The molecule has 0 aromatic carbocycles. The van der Waals surface area contributed by atoms with E-state index in [2.05, 4.69) is 10.6 Å². The molecule has 1 aliphatic rings. The second-order valence-electron chi connectivity index (χ2n) is 3.77. The largest absolute Gasteiger partial charge is 0.378 e. The highest BCUT2D eigenvalue weighted by Crippen LogP contribution is 2.07. The summed E-state index contributed by atoms with van der Waals surface area (Å²) in [6, 6.07) is 0. The molecule has 2 N–H and O–H groups in total. The van der Waals surface area contributed by atoms with Gasteiger partial charge in [-0.05, 0) is 25.9 Å². The summed E-state index contributed by atoms with van der Waals surface area (Å²) in [4.78, 5) is 11.1. The molecule has 1 heterocycles. The Morgan fingerprint density at radius 1 is 1.44 bits per heavy atom. The van der Waals surface area contributed by atoms with Gasteiger partial charge in [-0.1, -0.05) is 0 Å². The Hall–Kier alpha value is -0.750. The van der Waals surface area contributed by atoms with Gasteiger partial charge in [0.2, 0.25) is 5.91 Å². The molecule has 0 atom stereocenters. The number of carbonyl (C=O) groups excluding carboxylic acids is 1. The third-order valence-electron chi connectivity index (χ3n) is 2.42. The molecule has 94 valence electrons. The van der Waals surface area contributed by atoms with Crippen molar-refractivity contribution in [2.45, 2.75) is 31.8 Å². The first-order valence-electron chi connectivity index (χ1n) is 5.55. The third kappa shape index (κ3) is 5.97. The number of hydrogen-bond acceptors (Lipinski definition) is 3. The van der Waals surface area contributed by atoms with Crippen LogP contribution in [0.15, 0.2) is 0 Å². The maximum Gasteiger partial charge on any atom is 0.255 e. The number of nitrogens with one attached hydrogen (secondary N) is 2. The maximum absolute atomic E-state index is 11.8. The first-order chi connectivity index (χ1) is 7.68. The molecule has 0 bridgehead atoms. The van der Waals surface area contributed by atoms with E-state index in [1.54, 1.807) is 0 Å². The highest BCUT2D eigenvalue weighted by Gasteiger charge is 2.13. The van der Waals surface area contributed by atoms with Crippen molar-refractivity contribution >= 4 is 5.91 Å². The van der Waals surface area contributed by atoms with Crippen molar-refractivity contribution in [3.63, 3.8) is 0 Å². The predicted octanol–water partition coefficient (Wildman–Crippen LogP) is 0.526. The van der Waals surface area contributed by atoms with Crippen LogP contribution >= 0.6 is 0 Å². The summed E-state index contributed by atoms with van der Waals surface area (Å²) >= 11 is 0. The van der Waals surface area contributed by atoms with Crippen LogP contribution in [0, 0.1) is 0 Å². The smallest absolute Gasteiger partial charge is 0.255 e. The van der Waals surface area contributed by atoms with E-state index in [4.69, 9.17) is 4.74 Å². The zero-order valence-electron chi connectivity index (χ0n) is 9.18. The summed E-state index contributed by atoms with van der Waals surface area (Å²) in [6.07, 6.45) is -0.257. The average Bonchev–Trinajstić information content (AvgIpc) is 2.28. The van der Waals surface area contributed by atoms with Crippen molar-refractivity contribution in [2.75, 3.05) is 26.2 Å². The number of rotatable bonds is 6. The summed E-state index contributed by atoms with van der Waals surface area (Å²) in [7, 11) is 0. The number of carbonyl (C=O) groups is 1. The number of alkyl halides is 2. The van der Waals surface area contributed by atoms with Crippen LogP contribution in [0.4, 0.5) is 8.78 Å². The van der Waals surface area contributed by atoms with Crippen molar-refractivity contribution in [3.8, 4) is 0 Å². The van der Waals surface area contributed by atoms with Gasteiger partial charge in [-0.25, -0.2) is 8.78 Å². The zero-order chi connectivity index (χ0) is 11.8.